The quantitative estimate of drug-likeness (QED) is 0.393. The summed E-state index contributed by atoms with van der Waals surface area (Å²) in [6, 6.07) is 20.8. The summed E-state index contributed by atoms with van der Waals surface area (Å²) in [6.45, 7) is 4.40. The fraction of sp³-hybridized carbons (Fsp3) is 0.269. The highest BCUT2D eigenvalue weighted by molar-refractivity contribution is 5.69. The van der Waals surface area contributed by atoms with Crippen molar-refractivity contribution >= 4 is 5.97 Å². The lowest BCUT2D eigenvalue weighted by Gasteiger charge is -2.13. The highest BCUT2D eigenvalue weighted by Gasteiger charge is 2.11. The van der Waals surface area contributed by atoms with E-state index in [1.54, 1.807) is 6.07 Å². The topological polar surface area (TPSA) is 35.5 Å². The van der Waals surface area contributed by atoms with Gasteiger partial charge in [0.05, 0.1) is 6.61 Å². The Morgan fingerprint density at radius 3 is 2.40 bits per heavy atom. The van der Waals surface area contributed by atoms with Crippen molar-refractivity contribution in [2.45, 2.75) is 39.7 Å². The molecule has 0 unspecified atom stereocenters. The summed E-state index contributed by atoms with van der Waals surface area (Å²) in [6.07, 6.45) is 1.96. The van der Waals surface area contributed by atoms with Crippen LogP contribution in [0, 0.1) is 12.7 Å². The van der Waals surface area contributed by atoms with Gasteiger partial charge < -0.3 is 9.47 Å². The normalized spacial score (nSPS) is 10.6. The maximum Gasteiger partial charge on any atom is 0.305 e. The van der Waals surface area contributed by atoms with E-state index in [-0.39, 0.29) is 18.4 Å². The molecule has 0 aliphatic carbocycles. The van der Waals surface area contributed by atoms with Crippen molar-refractivity contribution in [3.63, 3.8) is 0 Å². The number of carbonyl (C=O) groups excluding carboxylic acids is 1. The Hall–Kier alpha value is -3.14. The Bertz CT molecular complexity index is 963. The number of ether oxygens (including phenoxy) is 2. The van der Waals surface area contributed by atoms with Crippen molar-refractivity contribution in [3.05, 3.63) is 89.2 Å². The van der Waals surface area contributed by atoms with Gasteiger partial charge in [-0.3, -0.25) is 4.79 Å². The summed E-state index contributed by atoms with van der Waals surface area (Å²) in [5.74, 6) is 0.248. The van der Waals surface area contributed by atoms with Gasteiger partial charge in [-0.05, 0) is 61.6 Å². The van der Waals surface area contributed by atoms with Crippen LogP contribution in [-0.4, -0.2) is 12.6 Å². The lowest BCUT2D eigenvalue weighted by molar-refractivity contribution is -0.143. The monoisotopic (exact) mass is 406 g/mol. The zero-order chi connectivity index (χ0) is 21.3. The predicted octanol–water partition coefficient (Wildman–Crippen LogP) is 6.27. The van der Waals surface area contributed by atoms with E-state index in [4.69, 9.17) is 9.47 Å². The molecule has 30 heavy (non-hydrogen) atoms. The standard InChI is InChI=1S/C26H27FO3/c1-3-29-26(28)9-4-6-20-12-16-22(17-13-20)30-18-24-23(7-5-8-25(24)27)21-14-10-19(2)11-15-21/h5,7-8,10-17H,3-4,6,9,18H2,1-2H3. The lowest BCUT2D eigenvalue weighted by Crippen LogP contribution is -2.04. The third-order valence-electron chi connectivity index (χ3n) is 4.94. The maximum atomic E-state index is 14.5. The lowest BCUT2D eigenvalue weighted by atomic mass is 9.99. The molecule has 4 heteroatoms. The van der Waals surface area contributed by atoms with Crippen LogP contribution in [-0.2, 0) is 22.6 Å². The van der Waals surface area contributed by atoms with E-state index in [1.165, 1.54) is 6.07 Å². The fourth-order valence-electron chi connectivity index (χ4n) is 3.29. The molecule has 156 valence electrons. The van der Waals surface area contributed by atoms with Crippen LogP contribution in [0.4, 0.5) is 4.39 Å². The Balaban J connectivity index is 1.62. The van der Waals surface area contributed by atoms with Gasteiger partial charge in [0, 0.05) is 12.0 Å². The van der Waals surface area contributed by atoms with Gasteiger partial charge in [0.1, 0.15) is 18.2 Å². The number of hydrogen-bond acceptors (Lipinski definition) is 3. The summed E-state index contributed by atoms with van der Waals surface area (Å²) in [7, 11) is 0. The molecule has 0 aliphatic heterocycles. The van der Waals surface area contributed by atoms with Crippen LogP contribution >= 0.6 is 0 Å². The average molecular weight is 406 g/mol. The van der Waals surface area contributed by atoms with Crippen LogP contribution in [0.3, 0.4) is 0 Å². The van der Waals surface area contributed by atoms with Crippen LogP contribution < -0.4 is 4.74 Å². The van der Waals surface area contributed by atoms with Crippen LogP contribution in [0.15, 0.2) is 66.7 Å². The highest BCUT2D eigenvalue weighted by Crippen LogP contribution is 2.27. The van der Waals surface area contributed by atoms with Gasteiger partial charge >= 0.3 is 5.97 Å². The summed E-state index contributed by atoms with van der Waals surface area (Å²) in [5, 5.41) is 0. The summed E-state index contributed by atoms with van der Waals surface area (Å²) in [5.41, 5.74) is 4.63. The van der Waals surface area contributed by atoms with E-state index in [0.29, 0.717) is 24.3 Å². The molecule has 3 nitrogen and oxygen atoms in total. The van der Waals surface area contributed by atoms with E-state index in [2.05, 4.69) is 0 Å². The van der Waals surface area contributed by atoms with E-state index >= 15 is 0 Å². The Morgan fingerprint density at radius 2 is 1.70 bits per heavy atom. The minimum Gasteiger partial charge on any atom is -0.489 e. The van der Waals surface area contributed by atoms with Crippen molar-refractivity contribution in [1.29, 1.82) is 0 Å². The smallest absolute Gasteiger partial charge is 0.305 e. The predicted molar refractivity (Wildman–Crippen MR) is 117 cm³/mol. The second kappa shape index (κ2) is 10.6. The van der Waals surface area contributed by atoms with Gasteiger partial charge in [-0.15, -0.1) is 0 Å². The third kappa shape index (κ3) is 5.93. The number of rotatable bonds is 9. The van der Waals surface area contributed by atoms with Gasteiger partial charge in [0.2, 0.25) is 0 Å². The molecule has 3 aromatic carbocycles. The number of carbonyl (C=O) groups is 1. The van der Waals surface area contributed by atoms with E-state index in [1.807, 2.05) is 68.4 Å². The zero-order valence-corrected chi connectivity index (χ0v) is 17.5. The summed E-state index contributed by atoms with van der Waals surface area (Å²) >= 11 is 0. The number of benzene rings is 3. The van der Waals surface area contributed by atoms with E-state index in [0.717, 1.165) is 35.1 Å². The SMILES string of the molecule is CCOC(=O)CCCc1ccc(OCc2c(F)cccc2-c2ccc(C)cc2)cc1. The minimum absolute atomic E-state index is 0.151. The summed E-state index contributed by atoms with van der Waals surface area (Å²) in [4.78, 5) is 11.4. The van der Waals surface area contributed by atoms with Gasteiger partial charge in [-0.1, -0.05) is 54.1 Å². The van der Waals surface area contributed by atoms with Gasteiger partial charge in [-0.25, -0.2) is 4.39 Å². The van der Waals surface area contributed by atoms with Gasteiger partial charge in [-0.2, -0.15) is 0 Å². The first-order valence-electron chi connectivity index (χ1n) is 10.3. The number of halogens is 1. The van der Waals surface area contributed by atoms with Crippen molar-refractivity contribution in [3.8, 4) is 16.9 Å². The number of aryl methyl sites for hydroxylation is 2. The first-order valence-corrected chi connectivity index (χ1v) is 10.3. The molecule has 0 heterocycles. The second-order valence-corrected chi connectivity index (χ2v) is 7.22. The molecule has 0 saturated heterocycles. The van der Waals surface area contributed by atoms with Crippen molar-refractivity contribution in [2.75, 3.05) is 6.61 Å². The molecule has 0 fully saturated rings. The van der Waals surface area contributed by atoms with Crippen molar-refractivity contribution in [2.24, 2.45) is 0 Å². The molecular formula is C26H27FO3. The van der Waals surface area contributed by atoms with E-state index in [9.17, 15) is 9.18 Å². The minimum atomic E-state index is -0.274. The molecule has 3 aromatic rings. The van der Waals surface area contributed by atoms with Crippen LogP contribution in [0.1, 0.15) is 36.5 Å². The molecular weight excluding hydrogens is 379 g/mol. The Morgan fingerprint density at radius 1 is 0.967 bits per heavy atom. The fourth-order valence-corrected chi connectivity index (χ4v) is 3.29. The molecule has 0 bridgehead atoms. The molecule has 3 rings (SSSR count). The Kier molecular flexibility index (Phi) is 7.61. The largest absolute Gasteiger partial charge is 0.489 e. The third-order valence-corrected chi connectivity index (χ3v) is 4.94. The first-order chi connectivity index (χ1) is 14.6. The summed E-state index contributed by atoms with van der Waals surface area (Å²) < 4.78 is 25.3. The highest BCUT2D eigenvalue weighted by atomic mass is 19.1. The molecule has 0 amide bonds. The molecule has 0 N–H and O–H groups in total. The average Bonchev–Trinajstić information content (AvgIpc) is 2.74. The molecule has 0 atom stereocenters. The number of esters is 1. The Labute approximate surface area is 177 Å². The van der Waals surface area contributed by atoms with E-state index < -0.39 is 0 Å². The zero-order valence-electron chi connectivity index (χ0n) is 17.5. The van der Waals surface area contributed by atoms with Crippen LogP contribution in [0.2, 0.25) is 0 Å². The van der Waals surface area contributed by atoms with Crippen LogP contribution in [0.25, 0.3) is 11.1 Å². The molecule has 0 aliphatic rings. The van der Waals surface area contributed by atoms with Gasteiger partial charge in [0.25, 0.3) is 0 Å². The molecule has 0 aromatic heterocycles. The van der Waals surface area contributed by atoms with Crippen LogP contribution in [0.5, 0.6) is 5.75 Å². The van der Waals surface area contributed by atoms with Crippen molar-refractivity contribution < 1.29 is 18.7 Å². The first kappa shape index (κ1) is 21.6. The van der Waals surface area contributed by atoms with Gasteiger partial charge in [0.15, 0.2) is 0 Å². The number of hydrogen-bond donors (Lipinski definition) is 0. The maximum absolute atomic E-state index is 14.5. The second-order valence-electron chi connectivity index (χ2n) is 7.22. The molecule has 0 saturated carbocycles. The van der Waals surface area contributed by atoms with Crippen molar-refractivity contribution in [1.82, 2.24) is 0 Å². The molecule has 0 spiro atoms. The molecule has 0 radical (unpaired) electrons.